The molecule has 21 heavy (non-hydrogen) atoms. The number of amides is 1. The number of carbonyl (C=O) groups excluding carboxylic acids is 1. The minimum Gasteiger partial charge on any atom is -0.366 e. The van der Waals surface area contributed by atoms with Gasteiger partial charge in [0.1, 0.15) is 0 Å². The zero-order valence-electron chi connectivity index (χ0n) is 10.7. The average Bonchev–Trinajstić information content (AvgIpc) is 2.44. The van der Waals surface area contributed by atoms with Gasteiger partial charge in [-0.05, 0) is 48.6 Å². The molecule has 4 N–H and O–H groups in total. The van der Waals surface area contributed by atoms with Crippen LogP contribution >= 0.6 is 35.4 Å². The molecule has 1 amide bonds. The smallest absolute Gasteiger partial charge is 0.248 e. The Hall–Kier alpha value is -1.82. The van der Waals surface area contributed by atoms with Crippen LogP contribution in [-0.2, 0) is 0 Å². The molecule has 4 nitrogen and oxygen atoms in total. The van der Waals surface area contributed by atoms with E-state index < -0.39 is 5.91 Å². The van der Waals surface area contributed by atoms with Crippen molar-refractivity contribution in [2.75, 3.05) is 10.6 Å². The number of carbonyl (C=O) groups is 1. The van der Waals surface area contributed by atoms with E-state index in [1.165, 1.54) is 0 Å². The van der Waals surface area contributed by atoms with Crippen LogP contribution in [0.15, 0.2) is 42.5 Å². The van der Waals surface area contributed by atoms with Crippen LogP contribution in [0.5, 0.6) is 0 Å². The number of rotatable bonds is 3. The van der Waals surface area contributed by atoms with Crippen LogP contribution in [0.2, 0.25) is 10.0 Å². The van der Waals surface area contributed by atoms with E-state index in [0.717, 1.165) is 5.69 Å². The highest BCUT2D eigenvalue weighted by Gasteiger charge is 2.06. The molecule has 2 aromatic rings. The first kappa shape index (κ1) is 15.6. The maximum atomic E-state index is 11.0. The largest absolute Gasteiger partial charge is 0.366 e. The van der Waals surface area contributed by atoms with E-state index in [-0.39, 0.29) is 0 Å². The van der Waals surface area contributed by atoms with Gasteiger partial charge in [-0.1, -0.05) is 29.3 Å². The van der Waals surface area contributed by atoms with Crippen molar-refractivity contribution in [3.8, 4) is 0 Å². The summed E-state index contributed by atoms with van der Waals surface area (Å²) in [5.74, 6) is -0.479. The molecule has 2 aromatic carbocycles. The first-order valence-electron chi connectivity index (χ1n) is 5.89. The number of halogens is 2. The third-order valence-corrected chi connectivity index (χ3v) is 3.65. The third-order valence-electron chi connectivity index (χ3n) is 2.63. The summed E-state index contributed by atoms with van der Waals surface area (Å²) in [5.41, 5.74) is 6.93. The normalized spacial score (nSPS) is 10.0. The van der Waals surface area contributed by atoms with Crippen molar-refractivity contribution in [1.82, 2.24) is 0 Å². The Morgan fingerprint density at radius 1 is 1.05 bits per heavy atom. The van der Waals surface area contributed by atoms with Crippen LogP contribution in [0.25, 0.3) is 0 Å². The number of anilines is 2. The molecule has 0 fully saturated rings. The van der Waals surface area contributed by atoms with Gasteiger partial charge < -0.3 is 16.4 Å². The number of nitrogens with one attached hydrogen (secondary N) is 2. The predicted molar refractivity (Wildman–Crippen MR) is 91.3 cm³/mol. The Kier molecular flexibility index (Phi) is 5.01. The van der Waals surface area contributed by atoms with Crippen molar-refractivity contribution in [2.24, 2.45) is 5.73 Å². The molecule has 0 spiro atoms. The van der Waals surface area contributed by atoms with Crippen LogP contribution < -0.4 is 16.4 Å². The highest BCUT2D eigenvalue weighted by atomic mass is 35.5. The molecule has 0 aliphatic heterocycles. The van der Waals surface area contributed by atoms with E-state index in [4.69, 9.17) is 41.2 Å². The SMILES string of the molecule is NC(=O)c1ccc(NC(=S)Nc2cccc(Cl)c2Cl)cc1. The second kappa shape index (κ2) is 6.76. The molecule has 0 saturated heterocycles. The molecule has 0 saturated carbocycles. The predicted octanol–water partition coefficient (Wildman–Crippen LogP) is 3.90. The van der Waals surface area contributed by atoms with Crippen LogP contribution in [0.1, 0.15) is 10.4 Å². The van der Waals surface area contributed by atoms with Crippen molar-refractivity contribution >= 4 is 57.8 Å². The van der Waals surface area contributed by atoms with Gasteiger partial charge in [0.15, 0.2) is 5.11 Å². The van der Waals surface area contributed by atoms with E-state index in [1.807, 2.05) is 0 Å². The van der Waals surface area contributed by atoms with Crippen LogP contribution in [0.4, 0.5) is 11.4 Å². The molecule has 0 bridgehead atoms. The molecule has 0 radical (unpaired) electrons. The van der Waals surface area contributed by atoms with Crippen LogP contribution in [0.3, 0.4) is 0 Å². The van der Waals surface area contributed by atoms with Crippen LogP contribution in [0, 0.1) is 0 Å². The van der Waals surface area contributed by atoms with Gasteiger partial charge in [-0.2, -0.15) is 0 Å². The van der Waals surface area contributed by atoms with Gasteiger partial charge >= 0.3 is 0 Å². The molecule has 108 valence electrons. The number of thiocarbonyl (C=S) groups is 1. The van der Waals surface area contributed by atoms with Gasteiger partial charge in [0.25, 0.3) is 0 Å². The summed E-state index contributed by atoms with van der Waals surface area (Å²) in [6.07, 6.45) is 0. The highest BCUT2D eigenvalue weighted by molar-refractivity contribution is 7.80. The lowest BCUT2D eigenvalue weighted by Gasteiger charge is -2.12. The van der Waals surface area contributed by atoms with Crippen molar-refractivity contribution in [3.63, 3.8) is 0 Å². The molecular weight excluding hydrogens is 329 g/mol. The summed E-state index contributed by atoms with van der Waals surface area (Å²) in [4.78, 5) is 11.0. The zero-order chi connectivity index (χ0) is 15.4. The van der Waals surface area contributed by atoms with Gasteiger partial charge in [-0.15, -0.1) is 0 Å². The molecular formula is C14H11Cl2N3OS. The highest BCUT2D eigenvalue weighted by Crippen LogP contribution is 2.29. The standard InChI is InChI=1S/C14H11Cl2N3OS/c15-10-2-1-3-11(12(10)16)19-14(21)18-9-6-4-8(5-7-9)13(17)20/h1-7H,(H2,17,20)(H2,18,19,21). The maximum absolute atomic E-state index is 11.0. The number of benzene rings is 2. The summed E-state index contributed by atoms with van der Waals surface area (Å²) in [6.45, 7) is 0. The maximum Gasteiger partial charge on any atom is 0.248 e. The fourth-order valence-electron chi connectivity index (χ4n) is 1.60. The zero-order valence-corrected chi connectivity index (χ0v) is 13.0. The van der Waals surface area contributed by atoms with Crippen LogP contribution in [-0.4, -0.2) is 11.0 Å². The van der Waals surface area contributed by atoms with Crippen molar-refractivity contribution < 1.29 is 4.79 Å². The summed E-state index contributed by atoms with van der Waals surface area (Å²) in [7, 11) is 0. The average molecular weight is 340 g/mol. The molecule has 0 aliphatic carbocycles. The monoisotopic (exact) mass is 339 g/mol. The van der Waals surface area contributed by atoms with Gasteiger partial charge in [-0.3, -0.25) is 4.79 Å². The quantitative estimate of drug-likeness (QED) is 0.742. The molecule has 0 atom stereocenters. The second-order valence-corrected chi connectivity index (χ2v) is 5.32. The van der Waals surface area contributed by atoms with Gasteiger partial charge in [0.2, 0.25) is 5.91 Å². The number of hydrogen-bond acceptors (Lipinski definition) is 2. The molecule has 0 aliphatic rings. The number of primary amides is 1. The minimum absolute atomic E-state index is 0.353. The number of hydrogen-bond donors (Lipinski definition) is 3. The van der Waals surface area contributed by atoms with E-state index in [1.54, 1.807) is 42.5 Å². The summed E-state index contributed by atoms with van der Waals surface area (Å²) in [6, 6.07) is 11.8. The van der Waals surface area contributed by atoms with Crippen molar-refractivity contribution in [2.45, 2.75) is 0 Å². The Labute approximate surface area is 137 Å². The Morgan fingerprint density at radius 3 is 2.33 bits per heavy atom. The molecule has 7 heteroatoms. The van der Waals surface area contributed by atoms with Crippen molar-refractivity contribution in [1.29, 1.82) is 0 Å². The lowest BCUT2D eigenvalue weighted by molar-refractivity contribution is 0.100. The van der Waals surface area contributed by atoms with E-state index in [0.29, 0.717) is 26.4 Å². The molecule has 0 heterocycles. The summed E-state index contributed by atoms with van der Waals surface area (Å²) >= 11 is 17.2. The van der Waals surface area contributed by atoms with E-state index in [2.05, 4.69) is 10.6 Å². The topological polar surface area (TPSA) is 67.2 Å². The molecule has 0 aromatic heterocycles. The Bertz CT molecular complexity index is 689. The Balaban J connectivity index is 2.04. The van der Waals surface area contributed by atoms with E-state index >= 15 is 0 Å². The molecule has 2 rings (SSSR count). The lowest BCUT2D eigenvalue weighted by atomic mass is 10.2. The summed E-state index contributed by atoms with van der Waals surface area (Å²) in [5, 5.41) is 7.11. The summed E-state index contributed by atoms with van der Waals surface area (Å²) < 4.78 is 0. The first-order valence-corrected chi connectivity index (χ1v) is 7.05. The van der Waals surface area contributed by atoms with Gasteiger partial charge in [0, 0.05) is 11.3 Å². The lowest BCUT2D eigenvalue weighted by Crippen LogP contribution is -2.19. The fourth-order valence-corrected chi connectivity index (χ4v) is 2.18. The molecule has 0 unspecified atom stereocenters. The van der Waals surface area contributed by atoms with Gasteiger partial charge in [0.05, 0.1) is 15.7 Å². The first-order chi connectivity index (χ1) is 9.97. The number of nitrogens with two attached hydrogens (primary N) is 1. The fraction of sp³-hybridized carbons (Fsp3) is 0. The van der Waals surface area contributed by atoms with Crippen molar-refractivity contribution in [3.05, 3.63) is 58.1 Å². The Morgan fingerprint density at radius 2 is 1.71 bits per heavy atom. The minimum atomic E-state index is -0.479. The second-order valence-electron chi connectivity index (χ2n) is 4.12. The van der Waals surface area contributed by atoms with E-state index in [9.17, 15) is 4.79 Å². The van der Waals surface area contributed by atoms with Gasteiger partial charge in [-0.25, -0.2) is 0 Å². The third kappa shape index (κ3) is 4.07.